The molecule has 6 fully saturated rings. The summed E-state index contributed by atoms with van der Waals surface area (Å²) in [4.78, 5) is 17.4. The number of nitrogens with zero attached hydrogens (tertiary/aromatic N) is 2. The van der Waals surface area contributed by atoms with Gasteiger partial charge in [0.1, 0.15) is 9.84 Å². The maximum absolute atomic E-state index is 13.0. The van der Waals surface area contributed by atoms with Gasteiger partial charge >= 0.3 is 6.03 Å². The number of carbonyl (C=O) groups is 1. The molecule has 0 radical (unpaired) electrons. The summed E-state index contributed by atoms with van der Waals surface area (Å²) in [5.41, 5.74) is 0.0840. The molecule has 2 aliphatic heterocycles. The van der Waals surface area contributed by atoms with Crippen molar-refractivity contribution in [2.45, 2.75) is 62.9 Å². The topological polar surface area (TPSA) is 69.7 Å². The lowest BCUT2D eigenvalue weighted by Crippen LogP contribution is -2.63. The number of carbonyl (C=O) groups excluding carboxylic acids is 1. The van der Waals surface area contributed by atoms with Crippen LogP contribution in [0.15, 0.2) is 0 Å². The van der Waals surface area contributed by atoms with Gasteiger partial charge in [-0.05, 0) is 69.1 Å². The fourth-order valence-electron chi connectivity index (χ4n) is 7.10. The molecule has 4 bridgehead atoms. The quantitative estimate of drug-likeness (QED) is 0.775. The first-order valence-corrected chi connectivity index (χ1v) is 12.7. The molecule has 4 aliphatic carbocycles. The third-order valence-electron chi connectivity index (χ3n) is 8.05. The Morgan fingerprint density at radius 1 is 0.852 bits per heavy atom. The van der Waals surface area contributed by atoms with Gasteiger partial charge in [0.25, 0.3) is 0 Å². The Hall–Kier alpha value is -0.820. The van der Waals surface area contributed by atoms with Gasteiger partial charge in [0.2, 0.25) is 0 Å². The molecule has 152 valence electrons. The van der Waals surface area contributed by atoms with Crippen LogP contribution in [0.2, 0.25) is 0 Å². The lowest BCUT2D eigenvalue weighted by Gasteiger charge is -2.57. The highest BCUT2D eigenvalue weighted by Crippen LogP contribution is 2.55. The van der Waals surface area contributed by atoms with Crippen molar-refractivity contribution in [3.8, 4) is 0 Å². The molecule has 0 spiro atoms. The zero-order valence-electron chi connectivity index (χ0n) is 16.2. The number of rotatable bonds is 2. The maximum atomic E-state index is 13.0. The predicted molar refractivity (Wildman–Crippen MR) is 104 cm³/mol. The van der Waals surface area contributed by atoms with E-state index in [1.807, 2.05) is 4.90 Å². The second kappa shape index (κ2) is 6.61. The summed E-state index contributed by atoms with van der Waals surface area (Å²) in [5, 5.41) is 3.49. The van der Waals surface area contributed by atoms with Crippen molar-refractivity contribution in [3.63, 3.8) is 0 Å². The summed E-state index contributed by atoms with van der Waals surface area (Å²) in [6, 6.07) is 0.518. The highest BCUT2D eigenvalue weighted by molar-refractivity contribution is 7.91. The fraction of sp³-hybridized carbons (Fsp3) is 0.950. The maximum Gasteiger partial charge on any atom is 0.317 e. The number of sulfone groups is 1. The summed E-state index contributed by atoms with van der Waals surface area (Å²) in [6.45, 7) is 3.28. The van der Waals surface area contributed by atoms with Crippen molar-refractivity contribution in [1.82, 2.24) is 15.1 Å². The second-order valence-electron chi connectivity index (χ2n) is 10.0. The Labute approximate surface area is 163 Å². The number of hydrogen-bond acceptors (Lipinski definition) is 4. The van der Waals surface area contributed by atoms with E-state index in [2.05, 4.69) is 10.2 Å². The van der Waals surface area contributed by atoms with Gasteiger partial charge in [-0.1, -0.05) is 0 Å². The van der Waals surface area contributed by atoms with Gasteiger partial charge < -0.3 is 10.2 Å². The first-order valence-electron chi connectivity index (χ1n) is 10.9. The van der Waals surface area contributed by atoms with Crippen LogP contribution >= 0.6 is 0 Å². The third-order valence-corrected chi connectivity index (χ3v) is 9.77. The number of hydrogen-bond donors (Lipinski definition) is 1. The summed E-state index contributed by atoms with van der Waals surface area (Å²) >= 11 is 0. The molecule has 2 saturated heterocycles. The predicted octanol–water partition coefficient (Wildman–Crippen LogP) is 1.86. The molecule has 0 aromatic heterocycles. The minimum Gasteiger partial charge on any atom is -0.333 e. The zero-order chi connectivity index (χ0) is 18.6. The van der Waals surface area contributed by atoms with Crippen molar-refractivity contribution in [1.29, 1.82) is 0 Å². The van der Waals surface area contributed by atoms with Crippen LogP contribution in [0.1, 0.15) is 51.4 Å². The molecular weight excluding hydrogens is 362 g/mol. The Morgan fingerprint density at radius 2 is 1.37 bits per heavy atom. The van der Waals surface area contributed by atoms with Crippen molar-refractivity contribution < 1.29 is 13.2 Å². The molecule has 6 nitrogen and oxygen atoms in total. The Bertz CT molecular complexity index is 650. The lowest BCUT2D eigenvalue weighted by atomic mass is 9.53. The van der Waals surface area contributed by atoms with Crippen molar-refractivity contribution in [3.05, 3.63) is 0 Å². The van der Waals surface area contributed by atoms with E-state index in [1.54, 1.807) is 0 Å². The fourth-order valence-corrected chi connectivity index (χ4v) is 8.57. The molecule has 0 aromatic carbocycles. The van der Waals surface area contributed by atoms with E-state index in [1.165, 1.54) is 38.5 Å². The van der Waals surface area contributed by atoms with Crippen LogP contribution in [0, 0.1) is 17.8 Å². The van der Waals surface area contributed by atoms with Gasteiger partial charge in [-0.15, -0.1) is 0 Å². The summed E-state index contributed by atoms with van der Waals surface area (Å²) in [7, 11) is -2.81. The molecule has 0 unspecified atom stereocenters. The SMILES string of the molecule is O=C(NC12CC3CC(CC(C3)C1)C2)N1CCN(C2CCS(=O)(=O)CC2)CC1. The molecule has 0 aromatic rings. The first kappa shape index (κ1) is 18.2. The van der Waals surface area contributed by atoms with Crippen LogP contribution in [0.3, 0.4) is 0 Å². The average Bonchev–Trinajstić information content (AvgIpc) is 2.60. The third kappa shape index (κ3) is 3.61. The molecule has 0 atom stereocenters. The van der Waals surface area contributed by atoms with Crippen LogP contribution in [0.25, 0.3) is 0 Å². The Morgan fingerprint density at radius 3 is 1.89 bits per heavy atom. The minimum atomic E-state index is -2.81. The van der Waals surface area contributed by atoms with E-state index in [9.17, 15) is 13.2 Å². The molecule has 27 heavy (non-hydrogen) atoms. The van der Waals surface area contributed by atoms with Gasteiger partial charge in [0.05, 0.1) is 11.5 Å². The number of nitrogens with one attached hydrogen (secondary N) is 1. The molecular formula is C20H33N3O3S. The molecule has 6 aliphatic rings. The average molecular weight is 396 g/mol. The number of amides is 2. The largest absolute Gasteiger partial charge is 0.333 e. The number of urea groups is 1. The number of piperazine rings is 1. The summed E-state index contributed by atoms with van der Waals surface area (Å²) in [6.07, 6.45) is 9.27. The Balaban J connectivity index is 1.14. The van der Waals surface area contributed by atoms with Crippen LogP contribution < -0.4 is 5.32 Å². The van der Waals surface area contributed by atoms with Crippen LogP contribution in [0.5, 0.6) is 0 Å². The van der Waals surface area contributed by atoms with Gasteiger partial charge in [-0.25, -0.2) is 13.2 Å². The highest BCUT2D eigenvalue weighted by Gasteiger charge is 2.51. The molecule has 6 rings (SSSR count). The zero-order valence-corrected chi connectivity index (χ0v) is 17.1. The van der Waals surface area contributed by atoms with Gasteiger partial charge in [0, 0.05) is 37.8 Å². The monoisotopic (exact) mass is 395 g/mol. The van der Waals surface area contributed by atoms with Gasteiger partial charge in [-0.3, -0.25) is 4.90 Å². The standard InChI is InChI=1S/C20H33N3O3S/c24-19(21-20-12-15-9-16(13-20)11-17(10-15)14-20)23-5-3-22(4-6-23)18-1-7-27(25,26)8-2-18/h15-18H,1-14H2,(H,21,24). The van der Waals surface area contributed by atoms with E-state index >= 15 is 0 Å². The second-order valence-corrected chi connectivity index (χ2v) is 12.3. The minimum absolute atomic E-state index is 0.0840. The Kier molecular flexibility index (Phi) is 4.46. The van der Waals surface area contributed by atoms with Crippen LogP contribution in [-0.4, -0.2) is 73.5 Å². The van der Waals surface area contributed by atoms with Crippen molar-refractivity contribution >= 4 is 15.9 Å². The van der Waals surface area contributed by atoms with Gasteiger partial charge in [0.15, 0.2) is 0 Å². The van der Waals surface area contributed by atoms with Crippen molar-refractivity contribution in [2.75, 3.05) is 37.7 Å². The molecule has 2 amide bonds. The van der Waals surface area contributed by atoms with E-state index in [-0.39, 0.29) is 11.6 Å². The molecule has 4 saturated carbocycles. The molecule has 2 heterocycles. The van der Waals surface area contributed by atoms with E-state index < -0.39 is 9.84 Å². The highest BCUT2D eigenvalue weighted by atomic mass is 32.2. The lowest BCUT2D eigenvalue weighted by molar-refractivity contribution is -0.0168. The van der Waals surface area contributed by atoms with Crippen LogP contribution in [-0.2, 0) is 9.84 Å². The summed E-state index contributed by atoms with van der Waals surface area (Å²) in [5.74, 6) is 3.18. The summed E-state index contributed by atoms with van der Waals surface area (Å²) < 4.78 is 23.3. The molecule has 1 N–H and O–H groups in total. The molecule has 7 heteroatoms. The van der Waals surface area contributed by atoms with Crippen LogP contribution in [0.4, 0.5) is 4.79 Å². The van der Waals surface area contributed by atoms with Crippen molar-refractivity contribution in [2.24, 2.45) is 17.8 Å². The van der Waals surface area contributed by atoms with E-state index in [4.69, 9.17) is 0 Å². The van der Waals surface area contributed by atoms with Gasteiger partial charge in [-0.2, -0.15) is 0 Å². The van der Waals surface area contributed by atoms with E-state index in [0.29, 0.717) is 17.5 Å². The normalized spacial score (nSPS) is 41.6. The smallest absolute Gasteiger partial charge is 0.317 e. The van der Waals surface area contributed by atoms with E-state index in [0.717, 1.165) is 56.8 Å². The first-order chi connectivity index (χ1) is 12.9.